The maximum atomic E-state index is 13.4. The van der Waals surface area contributed by atoms with E-state index in [1.165, 1.54) is 36.2 Å². The number of nitrogens with zero attached hydrogens (tertiary/aromatic N) is 1. The number of carbonyl (C=O) groups excluding carboxylic acids is 1. The summed E-state index contributed by atoms with van der Waals surface area (Å²) in [6.45, 7) is -3.10. The molecule has 1 fully saturated rings. The van der Waals surface area contributed by atoms with E-state index in [4.69, 9.17) is 9.47 Å². The first-order valence-electron chi connectivity index (χ1n) is 8.25. The summed E-state index contributed by atoms with van der Waals surface area (Å²) in [6.07, 6.45) is 1.18. The molecule has 1 unspecified atom stereocenters. The lowest BCUT2D eigenvalue weighted by molar-refractivity contribution is -0.623. The minimum Gasteiger partial charge on any atom is -0.618 e. The number of alkyl halides is 2. The van der Waals surface area contributed by atoms with Crippen molar-refractivity contribution in [1.82, 2.24) is 5.32 Å². The Morgan fingerprint density at radius 1 is 1.30 bits per heavy atom. The molecule has 6 nitrogen and oxygen atoms in total. The highest BCUT2D eigenvalue weighted by Gasteiger charge is 2.46. The van der Waals surface area contributed by atoms with E-state index in [1.807, 2.05) is 0 Å². The first kappa shape index (κ1) is 19.5. The molecule has 2 heterocycles. The minimum absolute atomic E-state index is 0.101. The van der Waals surface area contributed by atoms with Gasteiger partial charge < -0.3 is 9.94 Å². The molecule has 0 aliphatic carbocycles. The van der Waals surface area contributed by atoms with Crippen LogP contribution in [0.3, 0.4) is 0 Å². The van der Waals surface area contributed by atoms with Gasteiger partial charge in [-0.25, -0.2) is 4.79 Å². The Morgan fingerprint density at radius 3 is 2.67 bits per heavy atom. The van der Waals surface area contributed by atoms with Gasteiger partial charge in [0.25, 0.3) is 0 Å². The van der Waals surface area contributed by atoms with Crippen LogP contribution in [0.4, 0.5) is 8.78 Å². The molecule has 0 bridgehead atoms. The zero-order valence-electron chi connectivity index (χ0n) is 14.2. The number of hydrogen-bond acceptors (Lipinski definition) is 6. The van der Waals surface area contributed by atoms with Crippen molar-refractivity contribution >= 4 is 17.7 Å². The van der Waals surface area contributed by atoms with Gasteiger partial charge in [-0.15, -0.1) is 11.8 Å². The van der Waals surface area contributed by atoms with E-state index in [2.05, 4.69) is 5.32 Å². The molecule has 1 aliphatic heterocycles. The molecule has 27 heavy (non-hydrogen) atoms. The van der Waals surface area contributed by atoms with E-state index in [9.17, 15) is 18.8 Å². The lowest BCUT2D eigenvalue weighted by atomic mass is 9.90. The fourth-order valence-corrected chi connectivity index (χ4v) is 3.80. The van der Waals surface area contributed by atoms with E-state index in [1.54, 1.807) is 30.3 Å². The van der Waals surface area contributed by atoms with E-state index >= 15 is 0 Å². The third-order valence-corrected chi connectivity index (χ3v) is 5.25. The van der Waals surface area contributed by atoms with Gasteiger partial charge >= 0.3 is 12.6 Å². The molecule has 1 N–H and O–H groups in total. The van der Waals surface area contributed by atoms with Gasteiger partial charge in [-0.05, 0) is 11.6 Å². The normalized spacial score (nSPS) is 19.0. The summed E-state index contributed by atoms with van der Waals surface area (Å²) in [6, 6.07) is 12.4. The average Bonchev–Trinajstić information content (AvgIpc) is 3.21. The number of benzene rings is 1. The van der Waals surface area contributed by atoms with Gasteiger partial charge in [0.15, 0.2) is 11.6 Å². The van der Waals surface area contributed by atoms with E-state index in [0.717, 1.165) is 5.75 Å². The Labute approximate surface area is 159 Å². The summed E-state index contributed by atoms with van der Waals surface area (Å²) in [7, 11) is 0. The van der Waals surface area contributed by atoms with Gasteiger partial charge in [-0.3, -0.25) is 10.1 Å². The quantitative estimate of drug-likeness (QED) is 0.439. The Kier molecular flexibility index (Phi) is 6.25. The van der Waals surface area contributed by atoms with Crippen molar-refractivity contribution in [2.45, 2.75) is 17.6 Å². The van der Waals surface area contributed by atoms with Crippen LogP contribution < -0.4 is 10.0 Å². The summed E-state index contributed by atoms with van der Waals surface area (Å²) in [5, 5.41) is 14.7. The van der Waals surface area contributed by atoms with Crippen molar-refractivity contribution in [3.05, 3.63) is 71.2 Å². The van der Waals surface area contributed by atoms with Crippen molar-refractivity contribution < 1.29 is 27.8 Å². The van der Waals surface area contributed by atoms with E-state index in [0.29, 0.717) is 11.3 Å². The van der Waals surface area contributed by atoms with Gasteiger partial charge in [0, 0.05) is 24.4 Å². The first-order valence-corrected chi connectivity index (χ1v) is 9.29. The zero-order valence-corrected chi connectivity index (χ0v) is 15.0. The second-order valence-corrected chi connectivity index (χ2v) is 7.01. The molecule has 144 valence electrons. The number of esters is 1. The highest BCUT2D eigenvalue weighted by atomic mass is 32.2. The molecule has 9 heteroatoms. The van der Waals surface area contributed by atoms with Gasteiger partial charge in [-0.2, -0.15) is 13.5 Å². The summed E-state index contributed by atoms with van der Waals surface area (Å²) in [4.78, 5) is 12.3. The lowest BCUT2D eigenvalue weighted by Crippen LogP contribution is -2.49. The van der Waals surface area contributed by atoms with Crippen molar-refractivity contribution in [2.24, 2.45) is 0 Å². The topological polar surface area (TPSA) is 74.5 Å². The summed E-state index contributed by atoms with van der Waals surface area (Å²) >= 11 is 1.37. The van der Waals surface area contributed by atoms with Crippen LogP contribution in [-0.4, -0.2) is 36.9 Å². The molecule has 0 radical (unpaired) electrons. The average molecular weight is 396 g/mol. The molecule has 2 aromatic rings. The SMILES string of the molecule is O=C(OCC(OC(F)F)(c1ccccc1)c1cccc[n+]1[O-])[C@H]1NCCS1. The number of hydrogen-bond donors (Lipinski definition) is 1. The Balaban J connectivity index is 2.00. The monoisotopic (exact) mass is 396 g/mol. The predicted molar refractivity (Wildman–Crippen MR) is 94.9 cm³/mol. The number of pyridine rings is 1. The number of carbonyl (C=O) groups is 1. The van der Waals surface area contributed by atoms with Gasteiger partial charge in [0.2, 0.25) is 11.3 Å². The molecule has 3 rings (SSSR count). The summed E-state index contributed by atoms with van der Waals surface area (Å²) in [5.74, 6) is 0.153. The molecule has 1 aromatic carbocycles. The molecular weight excluding hydrogens is 378 g/mol. The first-order chi connectivity index (χ1) is 13.0. The number of ether oxygens (including phenoxy) is 2. The number of aromatic nitrogens is 1. The van der Waals surface area contributed by atoms with Crippen LogP contribution in [-0.2, 0) is 19.9 Å². The lowest BCUT2D eigenvalue weighted by Gasteiger charge is -2.31. The fraction of sp³-hybridized carbons (Fsp3) is 0.333. The Hall–Kier alpha value is -2.23. The van der Waals surface area contributed by atoms with Crippen LogP contribution in [0.15, 0.2) is 54.7 Å². The molecule has 1 aliphatic rings. The van der Waals surface area contributed by atoms with Crippen LogP contribution in [0, 0.1) is 5.21 Å². The third kappa shape index (κ3) is 4.37. The van der Waals surface area contributed by atoms with Crippen LogP contribution in [0.25, 0.3) is 0 Å². The second kappa shape index (κ2) is 8.64. The number of nitrogens with one attached hydrogen (secondary N) is 1. The molecular formula is C18H18F2N2O4S. The van der Waals surface area contributed by atoms with E-state index < -0.39 is 30.2 Å². The zero-order chi connectivity index (χ0) is 19.3. The van der Waals surface area contributed by atoms with E-state index in [-0.39, 0.29) is 11.3 Å². The maximum absolute atomic E-state index is 13.4. The third-order valence-electron chi connectivity index (χ3n) is 4.12. The van der Waals surface area contributed by atoms with Gasteiger partial charge in [0.05, 0.1) is 0 Å². The highest BCUT2D eigenvalue weighted by molar-refractivity contribution is 8.00. The number of rotatable bonds is 7. The predicted octanol–water partition coefficient (Wildman–Crippen LogP) is 2.01. The summed E-state index contributed by atoms with van der Waals surface area (Å²) in [5.41, 5.74) is -1.77. The molecule has 0 saturated carbocycles. The number of halogens is 2. The van der Waals surface area contributed by atoms with Gasteiger partial charge in [-0.1, -0.05) is 30.3 Å². The molecule has 1 aromatic heterocycles. The van der Waals surface area contributed by atoms with Crippen molar-refractivity contribution in [2.75, 3.05) is 18.9 Å². The van der Waals surface area contributed by atoms with Crippen LogP contribution in [0.1, 0.15) is 11.3 Å². The molecule has 0 amide bonds. The molecule has 0 spiro atoms. The number of thioether (sulfide) groups is 1. The maximum Gasteiger partial charge on any atom is 0.346 e. The summed E-state index contributed by atoms with van der Waals surface area (Å²) < 4.78 is 37.4. The Morgan fingerprint density at radius 2 is 2.04 bits per heavy atom. The smallest absolute Gasteiger partial charge is 0.346 e. The standard InChI is InChI=1S/C18H18F2N2O4S/c19-17(20)26-18(13-6-2-1-3-7-13,14-8-4-5-10-22(14)24)12-25-16(23)15-21-9-11-27-15/h1-8,10,15,17,21H,9,11-12H2/t15-,18?/m0/s1. The molecule has 1 saturated heterocycles. The van der Waals surface area contributed by atoms with Crippen LogP contribution in [0.2, 0.25) is 0 Å². The van der Waals surface area contributed by atoms with Gasteiger partial charge in [0.1, 0.15) is 6.61 Å². The minimum atomic E-state index is -3.19. The molecule has 2 atom stereocenters. The van der Waals surface area contributed by atoms with Crippen LogP contribution in [0.5, 0.6) is 0 Å². The van der Waals surface area contributed by atoms with Crippen molar-refractivity contribution in [3.8, 4) is 0 Å². The highest BCUT2D eigenvalue weighted by Crippen LogP contribution is 2.34. The largest absolute Gasteiger partial charge is 0.618 e. The van der Waals surface area contributed by atoms with Crippen molar-refractivity contribution in [1.29, 1.82) is 0 Å². The Bertz CT molecular complexity index is 775. The second-order valence-electron chi connectivity index (χ2n) is 5.80. The van der Waals surface area contributed by atoms with Crippen molar-refractivity contribution in [3.63, 3.8) is 0 Å². The van der Waals surface area contributed by atoms with Crippen LogP contribution >= 0.6 is 11.8 Å². The fourth-order valence-electron chi connectivity index (χ4n) is 2.89.